The van der Waals surface area contributed by atoms with Gasteiger partial charge in [0, 0.05) is 6.54 Å². The number of nitrogens with one attached hydrogen (secondary N) is 1. The van der Waals surface area contributed by atoms with Gasteiger partial charge in [-0.25, -0.2) is 9.97 Å². The first kappa shape index (κ1) is 12.1. The van der Waals surface area contributed by atoms with Gasteiger partial charge in [0.05, 0.1) is 18.0 Å². The Morgan fingerprint density at radius 3 is 2.47 bits per heavy atom. The van der Waals surface area contributed by atoms with Crippen molar-refractivity contribution in [1.29, 1.82) is 0 Å². The van der Waals surface area contributed by atoms with Crippen LogP contribution in [0.25, 0.3) is 0 Å². The maximum absolute atomic E-state index is 10.4. The summed E-state index contributed by atoms with van der Waals surface area (Å²) < 4.78 is 0. The van der Waals surface area contributed by atoms with Crippen LogP contribution in [0.1, 0.15) is 38.5 Å². The van der Waals surface area contributed by atoms with E-state index in [1.165, 1.54) is 19.0 Å². The molecule has 4 N–H and O–H groups in total. The normalized spacial score (nSPS) is 19.6. The number of aromatic nitrogens is 2. The molecule has 1 aliphatic carbocycles. The lowest BCUT2D eigenvalue weighted by Crippen LogP contribution is -2.36. The summed E-state index contributed by atoms with van der Waals surface area (Å²) in [5, 5.41) is 13.6. The molecule has 0 aromatic carbocycles. The molecule has 5 nitrogen and oxygen atoms in total. The van der Waals surface area contributed by atoms with E-state index < -0.39 is 5.60 Å². The van der Waals surface area contributed by atoms with E-state index in [0.29, 0.717) is 18.2 Å². The molecule has 1 heterocycles. The summed E-state index contributed by atoms with van der Waals surface area (Å²) in [4.78, 5) is 8.06. The Morgan fingerprint density at radius 1 is 1.18 bits per heavy atom. The van der Waals surface area contributed by atoms with Crippen molar-refractivity contribution in [3.63, 3.8) is 0 Å². The second-order valence-corrected chi connectivity index (χ2v) is 4.82. The molecule has 2 rings (SSSR count). The number of nitrogens with zero attached hydrogens (tertiary/aromatic N) is 2. The third-order valence-corrected chi connectivity index (χ3v) is 3.30. The minimum Gasteiger partial charge on any atom is -0.388 e. The number of anilines is 2. The summed E-state index contributed by atoms with van der Waals surface area (Å²) in [6, 6.07) is 0. The van der Waals surface area contributed by atoms with Crippen LogP contribution in [0.2, 0.25) is 0 Å². The monoisotopic (exact) mass is 236 g/mol. The highest BCUT2D eigenvalue weighted by atomic mass is 16.3. The molecule has 0 bridgehead atoms. The Morgan fingerprint density at radius 2 is 1.88 bits per heavy atom. The van der Waals surface area contributed by atoms with E-state index in [-0.39, 0.29) is 0 Å². The van der Waals surface area contributed by atoms with Gasteiger partial charge >= 0.3 is 0 Å². The first-order valence-electron chi connectivity index (χ1n) is 6.22. The highest BCUT2D eigenvalue weighted by Gasteiger charge is 2.27. The summed E-state index contributed by atoms with van der Waals surface area (Å²) in [5.74, 6) is 1.07. The molecule has 0 aliphatic heterocycles. The van der Waals surface area contributed by atoms with E-state index in [9.17, 15) is 5.11 Å². The van der Waals surface area contributed by atoms with Crippen LogP contribution in [0.5, 0.6) is 0 Å². The zero-order valence-corrected chi connectivity index (χ0v) is 10.0. The maximum atomic E-state index is 10.4. The predicted octanol–water partition coefficient (Wildman–Crippen LogP) is 1.56. The Balaban J connectivity index is 1.89. The van der Waals surface area contributed by atoms with Gasteiger partial charge in [0.2, 0.25) is 0 Å². The van der Waals surface area contributed by atoms with Crippen LogP contribution in [0.15, 0.2) is 12.4 Å². The number of nitrogens with two attached hydrogens (primary N) is 1. The minimum absolute atomic E-state index is 0.406. The molecular weight excluding hydrogens is 216 g/mol. The molecule has 0 saturated heterocycles. The molecule has 1 fully saturated rings. The highest BCUT2D eigenvalue weighted by molar-refractivity contribution is 5.36. The number of aliphatic hydroxyl groups is 1. The van der Waals surface area contributed by atoms with E-state index in [1.54, 1.807) is 6.20 Å². The van der Waals surface area contributed by atoms with Gasteiger partial charge in [-0.3, -0.25) is 0 Å². The van der Waals surface area contributed by atoms with Crippen molar-refractivity contribution in [2.45, 2.75) is 44.1 Å². The summed E-state index contributed by atoms with van der Waals surface area (Å²) in [6.45, 7) is 0.533. The van der Waals surface area contributed by atoms with Crippen molar-refractivity contribution in [2.24, 2.45) is 0 Å². The largest absolute Gasteiger partial charge is 0.388 e. The lowest BCUT2D eigenvalue weighted by atomic mass is 9.94. The lowest BCUT2D eigenvalue weighted by molar-refractivity contribution is 0.0380. The standard InChI is InChI=1S/C12H20N4O/c13-10-7-15-11(8-14-10)16-9-12(17)5-3-1-2-4-6-12/h7-8,17H,1-6,9H2,(H2,13,14)(H,15,16). The first-order chi connectivity index (χ1) is 8.18. The van der Waals surface area contributed by atoms with E-state index >= 15 is 0 Å². The topological polar surface area (TPSA) is 84.1 Å². The Kier molecular flexibility index (Phi) is 3.78. The van der Waals surface area contributed by atoms with E-state index in [2.05, 4.69) is 15.3 Å². The van der Waals surface area contributed by atoms with Crippen LogP contribution >= 0.6 is 0 Å². The summed E-state index contributed by atoms with van der Waals surface area (Å²) in [5.41, 5.74) is 4.86. The van der Waals surface area contributed by atoms with Gasteiger partial charge in [-0.2, -0.15) is 0 Å². The van der Waals surface area contributed by atoms with Crippen LogP contribution < -0.4 is 11.1 Å². The van der Waals surface area contributed by atoms with Gasteiger partial charge in [-0.1, -0.05) is 25.7 Å². The summed E-state index contributed by atoms with van der Waals surface area (Å²) >= 11 is 0. The van der Waals surface area contributed by atoms with Crippen LogP contribution in [-0.4, -0.2) is 27.2 Å². The zero-order valence-electron chi connectivity index (χ0n) is 10.0. The smallest absolute Gasteiger partial charge is 0.144 e. The SMILES string of the molecule is Nc1cnc(NCC2(O)CCCCCC2)cn1. The molecule has 1 saturated carbocycles. The van der Waals surface area contributed by atoms with Crippen molar-refractivity contribution in [1.82, 2.24) is 9.97 Å². The quantitative estimate of drug-likeness (QED) is 0.693. The Bertz CT molecular complexity index is 344. The number of rotatable bonds is 3. The van der Waals surface area contributed by atoms with E-state index in [0.717, 1.165) is 25.7 Å². The van der Waals surface area contributed by atoms with E-state index in [4.69, 9.17) is 5.73 Å². The zero-order chi connectivity index (χ0) is 12.1. The lowest BCUT2D eigenvalue weighted by Gasteiger charge is -2.26. The van der Waals surface area contributed by atoms with Gasteiger partial charge in [0.15, 0.2) is 0 Å². The second kappa shape index (κ2) is 5.31. The average molecular weight is 236 g/mol. The van der Waals surface area contributed by atoms with Crippen molar-refractivity contribution in [2.75, 3.05) is 17.6 Å². The molecule has 1 aliphatic rings. The van der Waals surface area contributed by atoms with Crippen LogP contribution in [-0.2, 0) is 0 Å². The van der Waals surface area contributed by atoms with Crippen molar-refractivity contribution in [3.05, 3.63) is 12.4 Å². The fourth-order valence-electron chi connectivity index (χ4n) is 2.25. The van der Waals surface area contributed by atoms with Crippen LogP contribution in [0, 0.1) is 0 Å². The van der Waals surface area contributed by atoms with Crippen molar-refractivity contribution >= 4 is 11.6 Å². The van der Waals surface area contributed by atoms with Crippen molar-refractivity contribution in [3.8, 4) is 0 Å². The van der Waals surface area contributed by atoms with Crippen LogP contribution in [0.3, 0.4) is 0 Å². The minimum atomic E-state index is -0.598. The fourth-order valence-corrected chi connectivity index (χ4v) is 2.25. The highest BCUT2D eigenvalue weighted by Crippen LogP contribution is 2.27. The fraction of sp³-hybridized carbons (Fsp3) is 0.667. The molecule has 0 unspecified atom stereocenters. The molecule has 0 radical (unpaired) electrons. The number of hydrogen-bond acceptors (Lipinski definition) is 5. The Labute approximate surface area is 101 Å². The molecule has 94 valence electrons. The second-order valence-electron chi connectivity index (χ2n) is 4.82. The molecule has 0 amide bonds. The van der Waals surface area contributed by atoms with Crippen molar-refractivity contribution < 1.29 is 5.11 Å². The molecular formula is C12H20N4O. The van der Waals surface area contributed by atoms with Gasteiger partial charge in [0.1, 0.15) is 11.6 Å². The molecule has 0 spiro atoms. The molecule has 17 heavy (non-hydrogen) atoms. The van der Waals surface area contributed by atoms with Gasteiger partial charge in [0.25, 0.3) is 0 Å². The third kappa shape index (κ3) is 3.56. The number of nitrogen functional groups attached to an aromatic ring is 1. The first-order valence-corrected chi connectivity index (χ1v) is 6.22. The summed E-state index contributed by atoms with van der Waals surface area (Å²) in [6.07, 6.45) is 9.49. The third-order valence-electron chi connectivity index (χ3n) is 3.30. The molecule has 1 aromatic heterocycles. The maximum Gasteiger partial charge on any atom is 0.144 e. The van der Waals surface area contributed by atoms with Gasteiger partial charge in [-0.15, -0.1) is 0 Å². The van der Waals surface area contributed by atoms with E-state index in [1.807, 2.05) is 0 Å². The predicted molar refractivity (Wildman–Crippen MR) is 67.6 cm³/mol. The molecule has 1 aromatic rings. The Hall–Kier alpha value is -1.36. The molecule has 0 atom stereocenters. The van der Waals surface area contributed by atoms with Crippen LogP contribution in [0.4, 0.5) is 11.6 Å². The van der Waals surface area contributed by atoms with Gasteiger partial charge < -0.3 is 16.2 Å². The molecule has 5 heteroatoms. The summed E-state index contributed by atoms with van der Waals surface area (Å²) in [7, 11) is 0. The number of hydrogen-bond donors (Lipinski definition) is 3. The van der Waals surface area contributed by atoms with Gasteiger partial charge in [-0.05, 0) is 12.8 Å². The average Bonchev–Trinajstić information content (AvgIpc) is 2.54.